The zero-order valence-electron chi connectivity index (χ0n) is 60.9. The fraction of sp³-hybridized carbons (Fsp3) is 0.643. The number of hydrogen-bond donors (Lipinski definition) is 1. The normalized spacial score (nSPS) is 14.1. The molecule has 10 heteroatoms. The Balaban J connectivity index is 4.07. The molecule has 0 aliphatic heterocycles. The molecule has 9 nitrogen and oxygen atoms in total. The fourth-order valence-electron chi connectivity index (χ4n) is 10.0. The van der Waals surface area contributed by atoms with Gasteiger partial charge in [-0.25, -0.2) is 4.57 Å². The molecular weight excluding hydrogens is 1180 g/mol. The summed E-state index contributed by atoms with van der Waals surface area (Å²) in [5.41, 5.74) is 0. The first-order valence-electron chi connectivity index (χ1n) is 37.9. The van der Waals surface area contributed by atoms with Crippen LogP contribution in [-0.4, -0.2) is 74.9 Å². The summed E-state index contributed by atoms with van der Waals surface area (Å²) in [6, 6.07) is 0. The summed E-state index contributed by atoms with van der Waals surface area (Å²) < 4.78 is 34.8. The van der Waals surface area contributed by atoms with Gasteiger partial charge in [0.15, 0.2) is 6.10 Å². The highest BCUT2D eigenvalue weighted by Gasteiger charge is 2.27. The van der Waals surface area contributed by atoms with Crippen LogP contribution in [0.25, 0.3) is 0 Å². The highest BCUT2D eigenvalue weighted by atomic mass is 31.2. The second kappa shape index (κ2) is 72.6. The van der Waals surface area contributed by atoms with Gasteiger partial charge in [-0.3, -0.25) is 18.6 Å². The Labute approximate surface area is 578 Å². The van der Waals surface area contributed by atoms with Crippen molar-refractivity contribution in [1.82, 2.24) is 0 Å². The average molecular weight is 1320 g/mol. The lowest BCUT2D eigenvalue weighted by molar-refractivity contribution is -0.870. The standard InChI is InChI=1S/C84H140NO8P/c1-6-8-10-12-14-16-18-20-22-24-26-28-30-32-34-36-37-38-39-40-41-42-43-44-45-46-47-49-51-53-55-57-59-61-63-65-67-69-71-73-75-77-84(87)93-82(81-92-94(88,89)91-79-78-85(3,4)5)80-90-83(86)76-74-72-70-68-66-64-62-60-58-56-54-52-50-48-35-33-31-29-27-25-23-21-19-17-15-13-11-9-7-2/h8-11,14-17,20-23,26-29,32,34,37-38,40-41,43-44,46-47,51,53,82H,6-7,12-13,18-19,24-25,30-31,33,35-36,39,42,45,48-50,52,54-81H2,1-5H3/p+1/b10-8-,11-9-,16-14-,17-15-,22-20-,23-21-,28-26-,29-27-,34-32-,38-37-,41-40-,44-43-,47-46-,53-51-. The molecule has 0 spiro atoms. The molecule has 0 radical (unpaired) electrons. The first kappa shape index (κ1) is 89.4. The predicted molar refractivity (Wildman–Crippen MR) is 408 cm³/mol. The van der Waals surface area contributed by atoms with E-state index in [0.29, 0.717) is 17.4 Å². The molecule has 0 bridgehead atoms. The number of quaternary nitrogens is 1. The van der Waals surface area contributed by atoms with E-state index in [-0.39, 0.29) is 32.0 Å². The Hall–Kier alpha value is -4.63. The number of hydrogen-bond acceptors (Lipinski definition) is 7. The van der Waals surface area contributed by atoms with Crippen molar-refractivity contribution in [2.24, 2.45) is 0 Å². The highest BCUT2D eigenvalue weighted by Crippen LogP contribution is 2.43. The summed E-state index contributed by atoms with van der Waals surface area (Å²) in [7, 11) is 1.46. The van der Waals surface area contributed by atoms with E-state index in [0.717, 1.165) is 135 Å². The third-order valence-corrected chi connectivity index (χ3v) is 16.7. The van der Waals surface area contributed by atoms with Gasteiger partial charge in [0.1, 0.15) is 19.8 Å². The SMILES string of the molecule is CC/C=C\C/C=C\C/C=C\C/C=C\C/C=C\C/C=C\C/C=C\C/C=C\C/C=C\C/C=C\CCCCCCCCCCCCC(=O)OC(COC(=O)CCCCCCCCCCCCCCCCCC/C=C\C/C=C\C/C=C\C/C=C\CC)COP(=O)(O)OCC[N+](C)(C)C. The molecule has 534 valence electrons. The molecule has 2 atom stereocenters. The van der Waals surface area contributed by atoms with E-state index in [1.807, 2.05) is 21.1 Å². The first-order chi connectivity index (χ1) is 46.0. The quantitative estimate of drug-likeness (QED) is 0.0211. The number of phosphoric acid groups is 1. The first-order valence-corrected chi connectivity index (χ1v) is 39.4. The van der Waals surface area contributed by atoms with Crippen LogP contribution in [-0.2, 0) is 32.7 Å². The minimum atomic E-state index is -4.41. The monoisotopic (exact) mass is 1320 g/mol. The maximum atomic E-state index is 12.9. The fourth-order valence-corrected chi connectivity index (χ4v) is 10.8. The van der Waals surface area contributed by atoms with E-state index in [1.165, 1.54) is 128 Å². The van der Waals surface area contributed by atoms with E-state index < -0.39 is 26.5 Å². The summed E-state index contributed by atoms with van der Waals surface area (Å²) >= 11 is 0. The summed E-state index contributed by atoms with van der Waals surface area (Å²) in [6.07, 6.45) is 110. The van der Waals surface area contributed by atoms with Gasteiger partial charge in [-0.15, -0.1) is 0 Å². The molecule has 94 heavy (non-hydrogen) atoms. The van der Waals surface area contributed by atoms with E-state index in [4.69, 9.17) is 18.5 Å². The minimum Gasteiger partial charge on any atom is -0.462 e. The average Bonchev–Trinajstić information content (AvgIpc) is 1.57. The summed E-state index contributed by atoms with van der Waals surface area (Å²) in [4.78, 5) is 36.0. The summed E-state index contributed by atoms with van der Waals surface area (Å²) in [6.45, 7) is 4.21. The van der Waals surface area contributed by atoms with Gasteiger partial charge in [-0.1, -0.05) is 325 Å². The Bertz CT molecular complexity index is 2200. The molecule has 0 heterocycles. The van der Waals surface area contributed by atoms with Crippen LogP contribution < -0.4 is 0 Å². The van der Waals surface area contributed by atoms with Gasteiger partial charge in [0.05, 0.1) is 27.7 Å². The molecule has 1 N–H and O–H groups in total. The van der Waals surface area contributed by atoms with Crippen molar-refractivity contribution in [3.63, 3.8) is 0 Å². The molecule has 0 saturated carbocycles. The van der Waals surface area contributed by atoms with Crippen LogP contribution in [0.4, 0.5) is 0 Å². The number of carbonyl (C=O) groups is 2. The number of unbranched alkanes of at least 4 members (excludes halogenated alkanes) is 26. The molecule has 0 fully saturated rings. The molecule has 0 aromatic carbocycles. The molecule has 0 aromatic heterocycles. The second-order valence-electron chi connectivity index (χ2n) is 25.9. The van der Waals surface area contributed by atoms with Crippen molar-refractivity contribution >= 4 is 19.8 Å². The number of carbonyl (C=O) groups excluding carboxylic acids is 2. The number of nitrogens with zero attached hydrogens (tertiary/aromatic N) is 1. The van der Waals surface area contributed by atoms with Crippen LogP contribution in [0.5, 0.6) is 0 Å². The van der Waals surface area contributed by atoms with Crippen LogP contribution in [0.1, 0.15) is 296 Å². The van der Waals surface area contributed by atoms with Gasteiger partial charge in [-0.05, 0) is 128 Å². The van der Waals surface area contributed by atoms with Gasteiger partial charge in [0.25, 0.3) is 0 Å². The van der Waals surface area contributed by atoms with E-state index >= 15 is 0 Å². The largest absolute Gasteiger partial charge is 0.472 e. The van der Waals surface area contributed by atoms with Gasteiger partial charge < -0.3 is 18.9 Å². The molecule has 0 aromatic rings. The van der Waals surface area contributed by atoms with Crippen molar-refractivity contribution in [3.8, 4) is 0 Å². The molecule has 2 unspecified atom stereocenters. The maximum Gasteiger partial charge on any atom is 0.472 e. The predicted octanol–water partition coefficient (Wildman–Crippen LogP) is 25.3. The van der Waals surface area contributed by atoms with Crippen LogP contribution in [0, 0.1) is 0 Å². The molecule has 0 rings (SSSR count). The lowest BCUT2D eigenvalue weighted by Crippen LogP contribution is -2.37. The molecule has 0 aliphatic carbocycles. The molecule has 0 aliphatic rings. The second-order valence-corrected chi connectivity index (χ2v) is 27.4. The van der Waals surface area contributed by atoms with Gasteiger partial charge in [0, 0.05) is 12.8 Å². The van der Waals surface area contributed by atoms with Crippen LogP contribution in [0.2, 0.25) is 0 Å². The Morgan fingerprint density at radius 3 is 0.851 bits per heavy atom. The van der Waals surface area contributed by atoms with Crippen molar-refractivity contribution in [2.75, 3.05) is 47.5 Å². The van der Waals surface area contributed by atoms with Crippen molar-refractivity contribution in [3.05, 3.63) is 170 Å². The third-order valence-electron chi connectivity index (χ3n) is 15.7. The Kier molecular flexibility index (Phi) is 69.1. The maximum absolute atomic E-state index is 12.9. The zero-order chi connectivity index (χ0) is 68.3. The number of rotatable bonds is 68. The smallest absolute Gasteiger partial charge is 0.462 e. The Morgan fingerprint density at radius 1 is 0.330 bits per heavy atom. The molecular formula is C84H141NO8P+. The minimum absolute atomic E-state index is 0.0241. The van der Waals surface area contributed by atoms with Crippen LogP contribution >= 0.6 is 7.82 Å². The topological polar surface area (TPSA) is 108 Å². The highest BCUT2D eigenvalue weighted by molar-refractivity contribution is 7.47. The van der Waals surface area contributed by atoms with Gasteiger partial charge in [0.2, 0.25) is 0 Å². The van der Waals surface area contributed by atoms with Crippen molar-refractivity contribution < 1.29 is 42.1 Å². The van der Waals surface area contributed by atoms with E-state index in [9.17, 15) is 19.0 Å². The van der Waals surface area contributed by atoms with E-state index in [2.05, 4.69) is 184 Å². The Morgan fingerprint density at radius 2 is 0.574 bits per heavy atom. The van der Waals surface area contributed by atoms with E-state index in [1.54, 1.807) is 0 Å². The molecule has 0 amide bonds. The number of phosphoric ester groups is 1. The van der Waals surface area contributed by atoms with Crippen molar-refractivity contribution in [1.29, 1.82) is 0 Å². The number of esters is 2. The summed E-state index contributed by atoms with van der Waals surface area (Å²) in [5.74, 6) is -0.804. The third kappa shape index (κ3) is 76.4. The lowest BCUT2D eigenvalue weighted by atomic mass is 10.0. The number of ether oxygens (including phenoxy) is 2. The van der Waals surface area contributed by atoms with Gasteiger partial charge >= 0.3 is 19.8 Å². The number of allylic oxidation sites excluding steroid dienone is 28. The van der Waals surface area contributed by atoms with Gasteiger partial charge in [-0.2, -0.15) is 0 Å². The van der Waals surface area contributed by atoms with Crippen LogP contribution in [0.3, 0.4) is 0 Å². The summed E-state index contributed by atoms with van der Waals surface area (Å²) in [5, 5.41) is 0. The molecule has 0 saturated heterocycles. The van der Waals surface area contributed by atoms with Crippen LogP contribution in [0.15, 0.2) is 170 Å². The number of likely N-dealkylation sites (N-methyl/N-ethyl adjacent to an activating group) is 1. The lowest BCUT2D eigenvalue weighted by Gasteiger charge is -2.24. The van der Waals surface area contributed by atoms with Crippen molar-refractivity contribution in [2.45, 2.75) is 302 Å². The zero-order valence-corrected chi connectivity index (χ0v) is 61.8.